The second-order valence-electron chi connectivity index (χ2n) is 4.66. The quantitative estimate of drug-likeness (QED) is 0.766. The number of benzene rings is 1. The van der Waals surface area contributed by atoms with Crippen molar-refractivity contribution in [1.29, 1.82) is 0 Å². The van der Waals surface area contributed by atoms with Gasteiger partial charge in [0.1, 0.15) is 6.04 Å². The highest BCUT2D eigenvalue weighted by Crippen LogP contribution is 2.15. The van der Waals surface area contributed by atoms with Crippen LogP contribution in [0.4, 0.5) is 0 Å². The third-order valence-electron chi connectivity index (χ3n) is 2.89. The summed E-state index contributed by atoms with van der Waals surface area (Å²) >= 11 is 3.32. The van der Waals surface area contributed by atoms with E-state index in [1.165, 1.54) is 12.5 Å². The number of nitrogens with zero attached hydrogens (tertiary/aromatic N) is 1. The number of aromatic nitrogens is 2. The minimum absolute atomic E-state index is 0.147. The van der Waals surface area contributed by atoms with Crippen LogP contribution in [-0.4, -0.2) is 33.0 Å². The van der Waals surface area contributed by atoms with Gasteiger partial charge in [0.05, 0.1) is 6.33 Å². The van der Waals surface area contributed by atoms with Gasteiger partial charge in [0.2, 0.25) is 0 Å². The molecule has 2 aromatic rings. The molecule has 6 nitrogen and oxygen atoms in total. The molecule has 7 heteroatoms. The zero-order valence-corrected chi connectivity index (χ0v) is 12.8. The number of H-pyrrole nitrogens is 1. The first-order valence-corrected chi connectivity index (χ1v) is 7.03. The molecule has 0 saturated carbocycles. The summed E-state index contributed by atoms with van der Waals surface area (Å²) in [7, 11) is 0. The van der Waals surface area contributed by atoms with Crippen LogP contribution < -0.4 is 5.32 Å². The predicted octanol–water partition coefficient (Wildman–Crippen LogP) is 1.91. The Bertz CT molecular complexity index is 635. The molecule has 1 aromatic heterocycles. The van der Waals surface area contributed by atoms with E-state index in [1.54, 1.807) is 12.1 Å². The number of rotatable bonds is 5. The second kappa shape index (κ2) is 6.53. The topological polar surface area (TPSA) is 95.1 Å². The Labute approximate surface area is 129 Å². The molecule has 1 heterocycles. The summed E-state index contributed by atoms with van der Waals surface area (Å²) in [4.78, 5) is 30.1. The summed E-state index contributed by atoms with van der Waals surface area (Å²) in [5.74, 6) is -1.52. The first kappa shape index (κ1) is 15.2. The minimum atomic E-state index is -1.09. The maximum atomic E-state index is 12.2. The van der Waals surface area contributed by atoms with Crippen molar-refractivity contribution in [1.82, 2.24) is 15.3 Å². The van der Waals surface area contributed by atoms with Crippen molar-refractivity contribution in [3.05, 3.63) is 52.0 Å². The molecular formula is C14H14BrN3O3. The first-order chi connectivity index (χ1) is 9.95. The van der Waals surface area contributed by atoms with Crippen molar-refractivity contribution in [2.45, 2.75) is 19.4 Å². The summed E-state index contributed by atoms with van der Waals surface area (Å²) in [5.41, 5.74) is 1.97. The molecule has 21 heavy (non-hydrogen) atoms. The van der Waals surface area contributed by atoms with Gasteiger partial charge in [-0.05, 0) is 30.7 Å². The number of aromatic amines is 1. The summed E-state index contributed by atoms with van der Waals surface area (Å²) in [6.45, 7) is 1.86. The molecule has 3 N–H and O–H groups in total. The number of imidazole rings is 1. The zero-order chi connectivity index (χ0) is 15.4. The highest BCUT2D eigenvalue weighted by atomic mass is 79.9. The van der Waals surface area contributed by atoms with Gasteiger partial charge >= 0.3 is 5.97 Å². The van der Waals surface area contributed by atoms with E-state index < -0.39 is 17.9 Å². The van der Waals surface area contributed by atoms with E-state index in [4.69, 9.17) is 0 Å². The van der Waals surface area contributed by atoms with Crippen molar-refractivity contribution < 1.29 is 14.7 Å². The Morgan fingerprint density at radius 1 is 1.43 bits per heavy atom. The van der Waals surface area contributed by atoms with Crippen molar-refractivity contribution in [2.75, 3.05) is 0 Å². The number of carbonyl (C=O) groups is 2. The molecule has 0 bridgehead atoms. The van der Waals surface area contributed by atoms with Crippen LogP contribution in [0.3, 0.4) is 0 Å². The molecule has 110 valence electrons. The lowest BCUT2D eigenvalue weighted by molar-refractivity contribution is -0.139. The molecule has 0 spiro atoms. The smallest absolute Gasteiger partial charge is 0.326 e. The molecule has 0 aliphatic rings. The van der Waals surface area contributed by atoms with Gasteiger partial charge in [-0.15, -0.1) is 0 Å². The molecule has 0 radical (unpaired) electrons. The van der Waals surface area contributed by atoms with Gasteiger partial charge in [0, 0.05) is 28.3 Å². The van der Waals surface area contributed by atoms with Crippen LogP contribution in [0.1, 0.15) is 21.6 Å². The van der Waals surface area contributed by atoms with E-state index >= 15 is 0 Å². The van der Waals surface area contributed by atoms with Crippen molar-refractivity contribution >= 4 is 27.8 Å². The normalized spacial score (nSPS) is 11.9. The third-order valence-corrected chi connectivity index (χ3v) is 3.34. The third kappa shape index (κ3) is 4.16. The minimum Gasteiger partial charge on any atom is -0.480 e. The highest BCUT2D eigenvalue weighted by Gasteiger charge is 2.22. The number of nitrogens with one attached hydrogen (secondary N) is 2. The van der Waals surface area contributed by atoms with E-state index in [2.05, 4.69) is 31.2 Å². The number of hydrogen-bond donors (Lipinski definition) is 3. The molecule has 1 aromatic carbocycles. The lowest BCUT2D eigenvalue weighted by atomic mass is 10.1. The predicted molar refractivity (Wildman–Crippen MR) is 80.1 cm³/mol. The van der Waals surface area contributed by atoms with Crippen molar-refractivity contribution in [3.8, 4) is 0 Å². The van der Waals surface area contributed by atoms with Crippen LogP contribution in [0.2, 0.25) is 0 Å². The summed E-state index contributed by atoms with van der Waals surface area (Å²) in [6.07, 6.45) is 3.15. The fraction of sp³-hybridized carbons (Fsp3) is 0.214. The average Bonchev–Trinajstić information content (AvgIpc) is 2.89. The summed E-state index contributed by atoms with van der Waals surface area (Å²) < 4.78 is 0.771. The van der Waals surface area contributed by atoms with Gasteiger partial charge in [0.25, 0.3) is 5.91 Å². The highest BCUT2D eigenvalue weighted by molar-refractivity contribution is 9.10. The van der Waals surface area contributed by atoms with Gasteiger partial charge in [-0.25, -0.2) is 9.78 Å². The lowest BCUT2D eigenvalue weighted by Gasteiger charge is -2.14. The molecule has 0 aliphatic carbocycles. The monoisotopic (exact) mass is 351 g/mol. The summed E-state index contributed by atoms with van der Waals surface area (Å²) in [6, 6.07) is 4.21. The van der Waals surface area contributed by atoms with Crippen LogP contribution in [0.25, 0.3) is 0 Å². The van der Waals surface area contributed by atoms with Gasteiger partial charge < -0.3 is 15.4 Å². The number of halogens is 1. The van der Waals surface area contributed by atoms with Gasteiger partial charge in [-0.3, -0.25) is 4.79 Å². The molecule has 1 amide bonds. The van der Waals surface area contributed by atoms with Crippen molar-refractivity contribution in [3.63, 3.8) is 0 Å². The number of carboxylic acid groups (broad SMARTS) is 1. The number of aliphatic carboxylic acids is 1. The van der Waals surface area contributed by atoms with Crippen LogP contribution in [0.5, 0.6) is 0 Å². The van der Waals surface area contributed by atoms with E-state index in [-0.39, 0.29) is 6.42 Å². The largest absolute Gasteiger partial charge is 0.480 e. The molecule has 0 fully saturated rings. The van der Waals surface area contributed by atoms with Gasteiger partial charge in [-0.1, -0.05) is 15.9 Å². The molecule has 1 atom stereocenters. The standard InChI is InChI=1S/C14H14BrN3O3/c1-8-2-9(4-10(15)3-8)13(19)18-12(14(20)21)5-11-6-16-7-17-11/h2-4,6-7,12H,5H2,1H3,(H,16,17)(H,18,19)(H,20,21)/t12-/m0/s1. The molecule has 0 saturated heterocycles. The van der Waals surface area contributed by atoms with E-state index in [1.807, 2.05) is 13.0 Å². The molecule has 0 aliphatic heterocycles. The summed E-state index contributed by atoms with van der Waals surface area (Å²) in [5, 5.41) is 11.7. The maximum absolute atomic E-state index is 12.2. The van der Waals surface area contributed by atoms with Crippen LogP contribution in [0.15, 0.2) is 35.2 Å². The van der Waals surface area contributed by atoms with E-state index in [9.17, 15) is 14.7 Å². The molecule has 0 unspecified atom stereocenters. The molecule has 2 rings (SSSR count). The Kier molecular flexibility index (Phi) is 4.74. The SMILES string of the molecule is Cc1cc(Br)cc(C(=O)N[C@@H](Cc2cnc[nH]2)C(=O)O)c1. The number of amides is 1. The maximum Gasteiger partial charge on any atom is 0.326 e. The Morgan fingerprint density at radius 3 is 2.76 bits per heavy atom. The number of carboxylic acids is 1. The number of carbonyl (C=O) groups excluding carboxylic acids is 1. The molecular weight excluding hydrogens is 338 g/mol. The first-order valence-electron chi connectivity index (χ1n) is 6.24. The fourth-order valence-electron chi connectivity index (χ4n) is 1.93. The van der Waals surface area contributed by atoms with Crippen LogP contribution in [-0.2, 0) is 11.2 Å². The van der Waals surface area contributed by atoms with Crippen LogP contribution >= 0.6 is 15.9 Å². The second-order valence-corrected chi connectivity index (χ2v) is 5.58. The van der Waals surface area contributed by atoms with E-state index in [0.29, 0.717) is 11.3 Å². The van der Waals surface area contributed by atoms with Gasteiger partial charge in [-0.2, -0.15) is 0 Å². The average molecular weight is 352 g/mol. The Hall–Kier alpha value is -2.15. The number of aryl methyl sites for hydroxylation is 1. The lowest BCUT2D eigenvalue weighted by Crippen LogP contribution is -2.42. The van der Waals surface area contributed by atoms with Crippen molar-refractivity contribution in [2.24, 2.45) is 0 Å². The van der Waals surface area contributed by atoms with E-state index in [0.717, 1.165) is 10.0 Å². The van der Waals surface area contributed by atoms with Gasteiger partial charge in [0.15, 0.2) is 0 Å². The zero-order valence-electron chi connectivity index (χ0n) is 11.3. The number of hydrogen-bond acceptors (Lipinski definition) is 3. The Balaban J connectivity index is 2.12. The Morgan fingerprint density at radius 2 is 2.19 bits per heavy atom. The fourth-order valence-corrected chi connectivity index (χ4v) is 2.53. The van der Waals surface area contributed by atoms with Crippen LogP contribution in [0, 0.1) is 6.92 Å².